The smallest absolute Gasteiger partial charge is 0.122 e. The Morgan fingerprint density at radius 2 is 2.08 bits per heavy atom. The number of hydrogen-bond donors (Lipinski definition) is 0. The molecule has 1 aliphatic heterocycles. The Morgan fingerprint density at radius 1 is 1.33 bits per heavy atom. The van der Waals surface area contributed by atoms with Gasteiger partial charge in [0.1, 0.15) is 5.75 Å². The van der Waals surface area contributed by atoms with Crippen LogP contribution in [0.5, 0.6) is 5.75 Å². The van der Waals surface area contributed by atoms with Crippen LogP contribution in [0.25, 0.3) is 0 Å². The van der Waals surface area contributed by atoms with Crippen molar-refractivity contribution < 1.29 is 4.74 Å². The molecule has 0 aliphatic carbocycles. The highest BCUT2D eigenvalue weighted by Crippen LogP contribution is 2.26. The van der Waals surface area contributed by atoms with E-state index in [2.05, 4.69) is 19.1 Å². The van der Waals surface area contributed by atoms with Gasteiger partial charge in [0, 0.05) is 0 Å². The van der Waals surface area contributed by atoms with E-state index in [4.69, 9.17) is 4.74 Å². The van der Waals surface area contributed by atoms with E-state index in [0.29, 0.717) is 6.10 Å². The highest BCUT2D eigenvalue weighted by Gasteiger charge is 2.13. The van der Waals surface area contributed by atoms with E-state index >= 15 is 0 Å². The fourth-order valence-corrected chi connectivity index (χ4v) is 1.46. The number of para-hydroxylation sites is 1. The molecular formula is C10H13ClO. The molecule has 1 atom stereocenters. The third-order valence-electron chi connectivity index (χ3n) is 2.12. The van der Waals surface area contributed by atoms with Gasteiger partial charge in [-0.3, -0.25) is 0 Å². The lowest BCUT2D eigenvalue weighted by atomic mass is 10.0. The molecule has 1 aliphatic rings. The van der Waals surface area contributed by atoms with Crippen molar-refractivity contribution in [1.82, 2.24) is 0 Å². The summed E-state index contributed by atoms with van der Waals surface area (Å²) in [5, 5.41) is 0. The lowest BCUT2D eigenvalue weighted by molar-refractivity contribution is 0.192. The maximum atomic E-state index is 5.63. The second kappa shape index (κ2) is 3.81. The molecule has 0 amide bonds. The maximum absolute atomic E-state index is 5.63. The van der Waals surface area contributed by atoms with Crippen LogP contribution < -0.4 is 4.74 Å². The van der Waals surface area contributed by atoms with E-state index < -0.39 is 0 Å². The summed E-state index contributed by atoms with van der Waals surface area (Å²) in [6.07, 6.45) is 2.71. The monoisotopic (exact) mass is 184 g/mol. The zero-order valence-corrected chi connectivity index (χ0v) is 7.93. The number of aryl methyl sites for hydroxylation is 1. The van der Waals surface area contributed by atoms with E-state index in [1.165, 1.54) is 5.56 Å². The number of halogens is 1. The van der Waals surface area contributed by atoms with Gasteiger partial charge in [-0.15, -0.1) is 12.4 Å². The van der Waals surface area contributed by atoms with E-state index in [1.807, 2.05) is 12.1 Å². The summed E-state index contributed by atoms with van der Waals surface area (Å²) in [5.41, 5.74) is 1.35. The summed E-state index contributed by atoms with van der Waals surface area (Å²) in [6.45, 7) is 2.12. The van der Waals surface area contributed by atoms with Crippen molar-refractivity contribution in [1.29, 1.82) is 0 Å². The molecule has 1 unspecified atom stereocenters. The zero-order valence-electron chi connectivity index (χ0n) is 7.12. The molecule has 0 radical (unpaired) electrons. The molecule has 2 heteroatoms. The lowest BCUT2D eigenvalue weighted by Gasteiger charge is -2.22. The second-order valence-corrected chi connectivity index (χ2v) is 3.07. The molecule has 2 rings (SSSR count). The zero-order chi connectivity index (χ0) is 7.68. The number of fused-ring (bicyclic) bond motifs is 1. The predicted molar refractivity (Wildman–Crippen MR) is 52.1 cm³/mol. The first-order chi connectivity index (χ1) is 5.36. The summed E-state index contributed by atoms with van der Waals surface area (Å²) in [5.74, 6) is 1.08. The van der Waals surface area contributed by atoms with Crippen LogP contribution in [0.15, 0.2) is 24.3 Å². The highest BCUT2D eigenvalue weighted by molar-refractivity contribution is 5.85. The molecule has 12 heavy (non-hydrogen) atoms. The van der Waals surface area contributed by atoms with Gasteiger partial charge in [0.25, 0.3) is 0 Å². The maximum Gasteiger partial charge on any atom is 0.122 e. The summed E-state index contributed by atoms with van der Waals surface area (Å²) in [7, 11) is 0. The van der Waals surface area contributed by atoms with Crippen LogP contribution >= 0.6 is 12.4 Å². The Kier molecular flexibility index (Phi) is 2.99. The van der Waals surface area contributed by atoms with Crippen molar-refractivity contribution in [2.24, 2.45) is 0 Å². The minimum Gasteiger partial charge on any atom is -0.490 e. The van der Waals surface area contributed by atoms with Crippen molar-refractivity contribution in [3.8, 4) is 5.75 Å². The van der Waals surface area contributed by atoms with Gasteiger partial charge in [-0.2, -0.15) is 0 Å². The van der Waals surface area contributed by atoms with Crippen LogP contribution in [0.2, 0.25) is 0 Å². The van der Waals surface area contributed by atoms with Crippen molar-refractivity contribution in [3.05, 3.63) is 29.8 Å². The number of rotatable bonds is 0. The van der Waals surface area contributed by atoms with Crippen LogP contribution in [0.1, 0.15) is 18.9 Å². The first kappa shape index (κ1) is 9.40. The van der Waals surface area contributed by atoms with Gasteiger partial charge < -0.3 is 4.74 Å². The van der Waals surface area contributed by atoms with Crippen molar-refractivity contribution in [2.45, 2.75) is 25.9 Å². The van der Waals surface area contributed by atoms with Crippen LogP contribution in [-0.4, -0.2) is 6.10 Å². The highest BCUT2D eigenvalue weighted by atomic mass is 35.5. The van der Waals surface area contributed by atoms with E-state index in [9.17, 15) is 0 Å². The van der Waals surface area contributed by atoms with Gasteiger partial charge in [0.2, 0.25) is 0 Å². The SMILES string of the molecule is CC1CCc2ccccc2O1.Cl. The molecule has 1 heterocycles. The Morgan fingerprint density at radius 3 is 2.92 bits per heavy atom. The molecule has 1 aromatic rings. The first-order valence-electron chi connectivity index (χ1n) is 4.11. The molecule has 66 valence electrons. The second-order valence-electron chi connectivity index (χ2n) is 3.07. The molecule has 1 aromatic carbocycles. The lowest BCUT2D eigenvalue weighted by Crippen LogP contribution is -2.18. The van der Waals surface area contributed by atoms with Crippen molar-refractivity contribution >= 4 is 12.4 Å². The Hall–Kier alpha value is -0.690. The van der Waals surface area contributed by atoms with Crippen molar-refractivity contribution in [3.63, 3.8) is 0 Å². The largest absolute Gasteiger partial charge is 0.490 e. The Labute approximate surface area is 79.2 Å². The van der Waals surface area contributed by atoms with Gasteiger partial charge in [0.05, 0.1) is 6.10 Å². The minimum absolute atomic E-state index is 0. The summed E-state index contributed by atoms with van der Waals surface area (Å²) < 4.78 is 5.63. The molecule has 0 aromatic heterocycles. The van der Waals surface area contributed by atoms with Crippen LogP contribution in [0.3, 0.4) is 0 Å². The molecule has 0 saturated heterocycles. The third kappa shape index (κ3) is 1.72. The number of benzene rings is 1. The molecule has 0 fully saturated rings. The van der Waals surface area contributed by atoms with E-state index in [1.54, 1.807) is 0 Å². The van der Waals surface area contributed by atoms with E-state index in [0.717, 1.165) is 18.6 Å². The van der Waals surface area contributed by atoms with Crippen LogP contribution in [-0.2, 0) is 6.42 Å². The fourth-order valence-electron chi connectivity index (χ4n) is 1.46. The molecule has 0 saturated carbocycles. The normalized spacial score (nSPS) is 20.2. The van der Waals surface area contributed by atoms with Gasteiger partial charge in [-0.25, -0.2) is 0 Å². The standard InChI is InChI=1S/C10H12O.ClH/c1-8-6-7-9-4-2-3-5-10(9)11-8;/h2-5,8H,6-7H2,1H3;1H. The first-order valence-corrected chi connectivity index (χ1v) is 4.11. The Bertz CT molecular complexity index is 260. The third-order valence-corrected chi connectivity index (χ3v) is 2.12. The summed E-state index contributed by atoms with van der Waals surface area (Å²) in [6, 6.07) is 8.28. The number of ether oxygens (including phenoxy) is 1. The van der Waals surface area contributed by atoms with E-state index in [-0.39, 0.29) is 12.4 Å². The molecular weight excluding hydrogens is 172 g/mol. The average molecular weight is 185 g/mol. The Balaban J connectivity index is 0.000000720. The van der Waals surface area contributed by atoms with Crippen LogP contribution in [0, 0.1) is 0 Å². The van der Waals surface area contributed by atoms with Gasteiger partial charge in [0.15, 0.2) is 0 Å². The average Bonchev–Trinajstić information content (AvgIpc) is 2.04. The van der Waals surface area contributed by atoms with Crippen molar-refractivity contribution in [2.75, 3.05) is 0 Å². The minimum atomic E-state index is 0. The summed E-state index contributed by atoms with van der Waals surface area (Å²) in [4.78, 5) is 0. The fraction of sp³-hybridized carbons (Fsp3) is 0.400. The molecule has 0 N–H and O–H groups in total. The van der Waals surface area contributed by atoms with Gasteiger partial charge in [-0.05, 0) is 31.4 Å². The molecule has 0 spiro atoms. The topological polar surface area (TPSA) is 9.23 Å². The molecule has 0 bridgehead atoms. The van der Waals surface area contributed by atoms with Gasteiger partial charge >= 0.3 is 0 Å². The quantitative estimate of drug-likeness (QED) is 0.603. The summed E-state index contributed by atoms with van der Waals surface area (Å²) >= 11 is 0. The number of hydrogen-bond acceptors (Lipinski definition) is 1. The van der Waals surface area contributed by atoms with Gasteiger partial charge in [-0.1, -0.05) is 18.2 Å². The molecule has 1 nitrogen and oxygen atoms in total. The predicted octanol–water partition coefficient (Wildman–Crippen LogP) is 2.82. The van der Waals surface area contributed by atoms with Crippen LogP contribution in [0.4, 0.5) is 0 Å².